The summed E-state index contributed by atoms with van der Waals surface area (Å²) < 4.78 is 31.0. The first kappa shape index (κ1) is 21.3. The zero-order valence-electron chi connectivity index (χ0n) is 15.8. The van der Waals surface area contributed by atoms with E-state index in [1.807, 2.05) is 0 Å². The summed E-state index contributed by atoms with van der Waals surface area (Å²) in [6, 6.07) is 21.9. The molecule has 1 aliphatic rings. The lowest BCUT2D eigenvalue weighted by atomic mass is 10.0. The van der Waals surface area contributed by atoms with Crippen LogP contribution in [0.2, 0.25) is 0 Å². The molecule has 2 unspecified atom stereocenters. The molecule has 0 aliphatic carbocycles. The van der Waals surface area contributed by atoms with Crippen LogP contribution in [0.4, 0.5) is 0 Å². The minimum atomic E-state index is -4.41. The van der Waals surface area contributed by atoms with Crippen molar-refractivity contribution in [3.05, 3.63) is 77.9 Å². The Hall–Kier alpha value is -2.03. The largest absolute Gasteiger partial charge is 0.726 e. The maximum Gasteiger partial charge on any atom is 0.217 e. The molecule has 0 saturated carbocycles. The van der Waals surface area contributed by atoms with Gasteiger partial charge in [0.05, 0.1) is 13.7 Å². The van der Waals surface area contributed by atoms with Crippen molar-refractivity contribution in [2.75, 3.05) is 20.2 Å². The standard InChI is InChI=1S/C19H22N2.CH4O4S/c1-3-20-18(16-11-7-5-8-12-16)15-19(21(20)4-2)17-13-9-6-10-14-17;1-5-6(2,3)4/h5-15,18H,3-4H2,1-2H3;1H3,(H,2,3,4). The lowest BCUT2D eigenvalue weighted by Crippen LogP contribution is -3.14. The number of benzene rings is 2. The van der Waals surface area contributed by atoms with Crippen LogP contribution in [-0.4, -0.2) is 38.2 Å². The molecule has 2 atom stereocenters. The topological polar surface area (TPSA) is 74.1 Å². The highest BCUT2D eigenvalue weighted by Crippen LogP contribution is 2.27. The predicted octanol–water partition coefficient (Wildman–Crippen LogP) is 2.02. The molecule has 1 N–H and O–H groups in total. The molecule has 0 saturated heterocycles. The first-order valence-corrected chi connectivity index (χ1v) is 10.2. The monoisotopic (exact) mass is 390 g/mol. The third-order valence-electron chi connectivity index (χ3n) is 4.42. The highest BCUT2D eigenvalue weighted by molar-refractivity contribution is 7.80. The fourth-order valence-corrected chi connectivity index (χ4v) is 3.25. The summed E-state index contributed by atoms with van der Waals surface area (Å²) in [7, 11) is -3.60. The van der Waals surface area contributed by atoms with Crippen molar-refractivity contribution in [1.29, 1.82) is 0 Å². The molecule has 0 amide bonds. The van der Waals surface area contributed by atoms with Gasteiger partial charge in [0.1, 0.15) is 6.04 Å². The average Bonchev–Trinajstić information content (AvgIpc) is 3.08. The van der Waals surface area contributed by atoms with Gasteiger partial charge in [-0.3, -0.25) is 4.18 Å². The molecule has 6 nitrogen and oxygen atoms in total. The molecule has 0 bridgehead atoms. The van der Waals surface area contributed by atoms with Gasteiger partial charge in [-0.1, -0.05) is 48.5 Å². The third kappa shape index (κ3) is 5.72. The van der Waals surface area contributed by atoms with Gasteiger partial charge in [0, 0.05) is 18.2 Å². The van der Waals surface area contributed by atoms with Crippen LogP contribution in [0.1, 0.15) is 31.0 Å². The summed E-state index contributed by atoms with van der Waals surface area (Å²) >= 11 is 0. The van der Waals surface area contributed by atoms with E-state index in [2.05, 4.69) is 89.8 Å². The van der Waals surface area contributed by atoms with Crippen LogP contribution in [0.25, 0.3) is 5.70 Å². The number of nitrogens with one attached hydrogen (secondary N) is 1. The van der Waals surface area contributed by atoms with Gasteiger partial charge < -0.3 is 4.55 Å². The smallest absolute Gasteiger partial charge is 0.217 e. The molecular weight excluding hydrogens is 364 g/mol. The highest BCUT2D eigenvalue weighted by atomic mass is 32.3. The molecule has 1 heterocycles. The van der Waals surface area contributed by atoms with Gasteiger partial charge in [0.2, 0.25) is 10.4 Å². The van der Waals surface area contributed by atoms with Gasteiger partial charge in [0.25, 0.3) is 0 Å². The van der Waals surface area contributed by atoms with Crippen LogP contribution in [-0.2, 0) is 14.6 Å². The van der Waals surface area contributed by atoms with Gasteiger partial charge in [-0.2, -0.15) is 0 Å². The molecule has 0 fully saturated rings. The van der Waals surface area contributed by atoms with Crippen LogP contribution in [0.5, 0.6) is 0 Å². The highest BCUT2D eigenvalue weighted by Gasteiger charge is 2.36. The first-order valence-electron chi connectivity index (χ1n) is 8.87. The Balaban J connectivity index is 0.000000380. The van der Waals surface area contributed by atoms with Crippen LogP contribution in [0.15, 0.2) is 66.7 Å². The summed E-state index contributed by atoms with van der Waals surface area (Å²) in [5.41, 5.74) is 4.09. The molecule has 0 radical (unpaired) electrons. The predicted molar refractivity (Wildman–Crippen MR) is 104 cm³/mol. The molecule has 2 aromatic rings. The molecule has 146 valence electrons. The Morgan fingerprint density at radius 2 is 1.56 bits per heavy atom. The van der Waals surface area contributed by atoms with Crippen molar-refractivity contribution in [2.45, 2.75) is 19.9 Å². The molecule has 0 spiro atoms. The fraction of sp³-hybridized carbons (Fsp3) is 0.300. The lowest BCUT2D eigenvalue weighted by molar-refractivity contribution is -0.948. The van der Waals surface area contributed by atoms with Crippen molar-refractivity contribution in [1.82, 2.24) is 5.01 Å². The molecule has 7 heteroatoms. The van der Waals surface area contributed by atoms with E-state index in [0.717, 1.165) is 20.2 Å². The summed E-state index contributed by atoms with van der Waals surface area (Å²) in [6.45, 7) is 6.60. The lowest BCUT2D eigenvalue weighted by Gasteiger charge is -2.28. The van der Waals surface area contributed by atoms with E-state index in [4.69, 9.17) is 0 Å². The molecule has 27 heavy (non-hydrogen) atoms. The summed E-state index contributed by atoms with van der Waals surface area (Å²) in [5.74, 6) is 0. The Morgan fingerprint density at radius 3 is 2.00 bits per heavy atom. The maximum absolute atomic E-state index is 9.22. The number of quaternary nitrogens is 1. The first-order chi connectivity index (χ1) is 12.9. The van der Waals surface area contributed by atoms with E-state index >= 15 is 0 Å². The summed E-state index contributed by atoms with van der Waals surface area (Å²) in [4.78, 5) is 0. The van der Waals surface area contributed by atoms with Crippen LogP contribution in [0.3, 0.4) is 0 Å². The summed E-state index contributed by atoms with van der Waals surface area (Å²) in [6.07, 6.45) is 2.42. The summed E-state index contributed by atoms with van der Waals surface area (Å²) in [5, 5.41) is 3.98. The van der Waals surface area contributed by atoms with Crippen molar-refractivity contribution in [2.24, 2.45) is 0 Å². The second-order valence-electron chi connectivity index (χ2n) is 5.96. The number of hydrogen-bond donors (Lipinski definition) is 1. The molecule has 3 rings (SSSR count). The quantitative estimate of drug-likeness (QED) is 0.625. The average molecular weight is 391 g/mol. The van der Waals surface area contributed by atoms with E-state index in [-0.39, 0.29) is 0 Å². The van der Waals surface area contributed by atoms with Gasteiger partial charge >= 0.3 is 0 Å². The molecule has 0 aromatic heterocycles. The zero-order chi connectivity index (χ0) is 19.9. The minimum Gasteiger partial charge on any atom is -0.726 e. The van der Waals surface area contributed by atoms with E-state index in [9.17, 15) is 13.0 Å². The van der Waals surface area contributed by atoms with Crippen molar-refractivity contribution < 1.29 is 22.2 Å². The number of hydrogen-bond acceptors (Lipinski definition) is 5. The van der Waals surface area contributed by atoms with E-state index in [1.54, 1.807) is 0 Å². The van der Waals surface area contributed by atoms with Crippen molar-refractivity contribution in [3.63, 3.8) is 0 Å². The van der Waals surface area contributed by atoms with Gasteiger partial charge in [-0.15, -0.1) is 5.01 Å². The number of nitrogens with zero attached hydrogens (tertiary/aromatic N) is 1. The second-order valence-corrected chi connectivity index (χ2v) is 7.11. The Bertz CT molecular complexity index is 839. The fourth-order valence-electron chi connectivity index (χ4n) is 3.25. The molecular formula is C20H26N2O4S. The van der Waals surface area contributed by atoms with E-state index in [0.29, 0.717) is 6.04 Å². The van der Waals surface area contributed by atoms with Crippen molar-refractivity contribution in [3.8, 4) is 0 Å². The van der Waals surface area contributed by atoms with Gasteiger partial charge in [0.15, 0.2) is 5.70 Å². The van der Waals surface area contributed by atoms with Crippen LogP contribution in [0, 0.1) is 0 Å². The minimum absolute atomic E-state index is 0.362. The van der Waals surface area contributed by atoms with E-state index < -0.39 is 10.4 Å². The number of likely N-dealkylation sites (N-methyl/N-ethyl adjacent to an activating group) is 1. The third-order valence-corrected chi connectivity index (χ3v) is 4.83. The van der Waals surface area contributed by atoms with Crippen LogP contribution < -0.4 is 5.01 Å². The van der Waals surface area contributed by atoms with E-state index in [1.165, 1.54) is 21.8 Å². The zero-order valence-corrected chi connectivity index (χ0v) is 16.6. The Morgan fingerprint density at radius 1 is 1.04 bits per heavy atom. The Kier molecular flexibility index (Phi) is 7.70. The normalized spacial score (nSPS) is 19.9. The molecule has 1 aliphatic heterocycles. The SMILES string of the molecule is CCN1C(c2ccccc2)C=C(c2ccccc2)[NH+]1CC.COS(=O)(=O)[O-]. The maximum atomic E-state index is 9.22. The van der Waals surface area contributed by atoms with Gasteiger partial charge in [-0.05, 0) is 31.5 Å². The van der Waals surface area contributed by atoms with Crippen LogP contribution >= 0.6 is 0 Å². The van der Waals surface area contributed by atoms with Crippen molar-refractivity contribution >= 4 is 16.1 Å². The number of rotatable bonds is 5. The van der Waals surface area contributed by atoms with Gasteiger partial charge in [-0.25, -0.2) is 13.4 Å². The molecule has 2 aromatic carbocycles. The second kappa shape index (κ2) is 9.77. The Labute approximate surface area is 161 Å².